The number of benzene rings is 1. The molecule has 1 aliphatic rings. The number of nitrogens with one attached hydrogen (secondary N) is 1. The number of unbranched alkanes of at least 4 members (excludes halogenated alkanes) is 3. The number of nitrogens with two attached hydrogens (primary N) is 1. The van der Waals surface area contributed by atoms with E-state index in [1.807, 2.05) is 30.3 Å². The van der Waals surface area contributed by atoms with Crippen LogP contribution in [0.4, 0.5) is 0 Å². The van der Waals surface area contributed by atoms with E-state index in [1.165, 1.54) is 4.90 Å². The average molecular weight is 470 g/mol. The third-order valence-corrected chi connectivity index (χ3v) is 5.83. The molecular weight excluding hydrogens is 430 g/mol. The summed E-state index contributed by atoms with van der Waals surface area (Å²) in [4.78, 5) is 38.0. The molecule has 1 amide bonds. The van der Waals surface area contributed by atoms with Gasteiger partial charge in [0.25, 0.3) is 0 Å². The lowest BCUT2D eigenvalue weighted by molar-refractivity contribution is -0.149. The van der Waals surface area contributed by atoms with Crippen LogP contribution in [-0.4, -0.2) is 75.1 Å². The van der Waals surface area contributed by atoms with Crippen molar-refractivity contribution in [2.75, 3.05) is 13.1 Å². The molecule has 0 aromatic heterocycles. The van der Waals surface area contributed by atoms with Gasteiger partial charge in [-0.15, -0.1) is 0 Å². The minimum atomic E-state index is -1.01. The van der Waals surface area contributed by atoms with Crippen LogP contribution in [0, 0.1) is 0 Å². The molecule has 0 bridgehead atoms. The molecule has 1 aromatic rings. The van der Waals surface area contributed by atoms with Gasteiger partial charge in [0.1, 0.15) is 12.1 Å². The fraction of sp³-hybridized carbons (Fsp3) is 0.609. The second-order valence-corrected chi connectivity index (χ2v) is 8.15. The van der Waals surface area contributed by atoms with Gasteiger partial charge in [-0.1, -0.05) is 49.6 Å². The van der Waals surface area contributed by atoms with Crippen LogP contribution in [0.25, 0.3) is 0 Å². The molecule has 1 aromatic carbocycles. The van der Waals surface area contributed by atoms with Crippen molar-refractivity contribution >= 4 is 17.8 Å². The number of hydrogen-bond acceptors (Lipinski definition) is 5. The monoisotopic (exact) mass is 469 g/mol. The Bertz CT molecular complexity index is 717. The Balaban J connectivity index is 0.00000512. The minimum absolute atomic E-state index is 0. The number of nitrogens with zero attached hydrogens (tertiary/aromatic N) is 1. The van der Waals surface area contributed by atoms with E-state index in [9.17, 15) is 24.6 Å². The Morgan fingerprint density at radius 1 is 1.00 bits per heavy atom. The van der Waals surface area contributed by atoms with Gasteiger partial charge >= 0.3 is 11.9 Å². The number of likely N-dealkylation sites (tertiary alicyclic amines) is 1. The molecule has 0 aliphatic carbocycles. The molecule has 0 unspecified atom stereocenters. The lowest BCUT2D eigenvalue weighted by Crippen LogP contribution is -2.54. The molecule has 188 valence electrons. The van der Waals surface area contributed by atoms with Gasteiger partial charge in [0, 0.05) is 6.54 Å². The molecule has 3 atom stereocenters. The summed E-state index contributed by atoms with van der Waals surface area (Å²) in [5.74, 6) is -2.32. The number of carboxylic acids is 2. The lowest BCUT2D eigenvalue weighted by Gasteiger charge is -2.29. The molecule has 0 radical (unpaired) electrons. The van der Waals surface area contributed by atoms with Crippen molar-refractivity contribution in [3.63, 3.8) is 0 Å². The van der Waals surface area contributed by atoms with Gasteiger partial charge in [-0.25, -0.2) is 4.79 Å². The Hall–Kier alpha value is -2.53. The lowest BCUT2D eigenvalue weighted by atomic mass is 10.0. The number of hydrogen-bond donors (Lipinski definition) is 4. The smallest absolute Gasteiger partial charge is 0.326 e. The van der Waals surface area contributed by atoms with Crippen molar-refractivity contribution in [3.05, 3.63) is 35.9 Å². The third kappa shape index (κ3) is 9.87. The van der Waals surface area contributed by atoms with E-state index >= 15 is 0 Å². The Morgan fingerprint density at radius 3 is 2.27 bits per heavy atom. The van der Waals surface area contributed by atoms with Crippen molar-refractivity contribution in [1.29, 1.82) is 0 Å². The van der Waals surface area contributed by atoms with E-state index < -0.39 is 30.1 Å². The number of aryl methyl sites for hydroxylation is 1. The summed E-state index contributed by atoms with van der Waals surface area (Å²) >= 11 is 0. The van der Waals surface area contributed by atoms with E-state index in [0.29, 0.717) is 45.2 Å². The molecule has 9 N–H and O–H groups in total. The van der Waals surface area contributed by atoms with E-state index in [-0.39, 0.29) is 16.9 Å². The fourth-order valence-corrected chi connectivity index (χ4v) is 4.09. The summed E-state index contributed by atoms with van der Waals surface area (Å²) in [6.07, 6.45) is 5.97. The Morgan fingerprint density at radius 2 is 1.67 bits per heavy atom. The van der Waals surface area contributed by atoms with Gasteiger partial charge in [0.05, 0.1) is 6.04 Å². The Kier molecular flexibility index (Phi) is 14.9. The number of aliphatic carboxylic acids is 2. The van der Waals surface area contributed by atoms with E-state index in [1.54, 1.807) is 0 Å². The maximum absolute atomic E-state index is 13.2. The molecule has 10 heteroatoms. The first-order chi connectivity index (χ1) is 14.9. The van der Waals surface area contributed by atoms with E-state index in [4.69, 9.17) is 5.73 Å². The molecule has 1 aliphatic heterocycles. The minimum Gasteiger partial charge on any atom is -0.480 e. The average Bonchev–Trinajstić information content (AvgIpc) is 3.25. The summed E-state index contributed by atoms with van der Waals surface area (Å²) < 4.78 is 0. The van der Waals surface area contributed by atoms with Crippen molar-refractivity contribution < 1.29 is 35.5 Å². The van der Waals surface area contributed by atoms with Crippen molar-refractivity contribution in [2.45, 2.75) is 75.9 Å². The quantitative estimate of drug-likeness (QED) is 0.282. The molecule has 33 heavy (non-hydrogen) atoms. The summed E-state index contributed by atoms with van der Waals surface area (Å²) in [5, 5.41) is 22.2. The zero-order chi connectivity index (χ0) is 22.6. The van der Waals surface area contributed by atoms with Crippen LogP contribution in [0.5, 0.6) is 0 Å². The second-order valence-electron chi connectivity index (χ2n) is 8.15. The third-order valence-electron chi connectivity index (χ3n) is 5.83. The number of rotatable bonds is 14. The summed E-state index contributed by atoms with van der Waals surface area (Å²) in [6.45, 7) is 1.01. The normalized spacial score (nSPS) is 16.9. The number of carboxylic acid groups (broad SMARTS) is 2. The van der Waals surface area contributed by atoms with Crippen LogP contribution in [0.2, 0.25) is 0 Å². The molecule has 1 heterocycles. The molecule has 0 spiro atoms. The fourth-order valence-electron chi connectivity index (χ4n) is 4.09. The van der Waals surface area contributed by atoms with Crippen LogP contribution in [0.1, 0.15) is 56.9 Å². The SMILES string of the molecule is NCCCCCC[C@H](N[C@@H](CCc1ccccc1)C(=O)O)C(=O)N1CCC[C@H]1C(=O)O.O.O. The Labute approximate surface area is 194 Å². The highest BCUT2D eigenvalue weighted by atomic mass is 16.4. The topological polar surface area (TPSA) is 196 Å². The highest BCUT2D eigenvalue weighted by Gasteiger charge is 2.38. The number of amides is 1. The van der Waals surface area contributed by atoms with Gasteiger partial charge in [0.2, 0.25) is 5.91 Å². The molecule has 1 fully saturated rings. The molecule has 10 nitrogen and oxygen atoms in total. The summed E-state index contributed by atoms with van der Waals surface area (Å²) in [6, 6.07) is 7.18. The van der Waals surface area contributed by atoms with Crippen molar-refractivity contribution in [2.24, 2.45) is 5.73 Å². The first-order valence-electron chi connectivity index (χ1n) is 11.2. The predicted octanol–water partition coefficient (Wildman–Crippen LogP) is 0.366. The maximum atomic E-state index is 13.2. The summed E-state index contributed by atoms with van der Waals surface area (Å²) in [7, 11) is 0. The van der Waals surface area contributed by atoms with Crippen LogP contribution >= 0.6 is 0 Å². The first-order valence-corrected chi connectivity index (χ1v) is 11.2. The van der Waals surface area contributed by atoms with Gasteiger partial charge in [0.15, 0.2) is 0 Å². The number of carbonyl (C=O) groups excluding carboxylic acids is 1. The van der Waals surface area contributed by atoms with Crippen LogP contribution in [0.15, 0.2) is 30.3 Å². The van der Waals surface area contributed by atoms with Gasteiger partial charge < -0.3 is 31.8 Å². The van der Waals surface area contributed by atoms with Crippen molar-refractivity contribution in [1.82, 2.24) is 10.2 Å². The van der Waals surface area contributed by atoms with Crippen LogP contribution < -0.4 is 11.1 Å². The van der Waals surface area contributed by atoms with Crippen LogP contribution in [-0.2, 0) is 20.8 Å². The second kappa shape index (κ2) is 16.1. The standard InChI is InChI=1S/C23H35N3O5.2H2O/c24-15-7-2-1-6-11-18(21(27)26-16-8-12-20(26)23(30)31)25-19(22(28)29)14-13-17-9-4-3-5-10-17;;/h3-5,9-10,18-20,25H,1-2,6-8,11-16,24H2,(H,28,29)(H,30,31);2*1H2/t18-,19-,20-;;/m0../s1. The molecule has 2 rings (SSSR count). The predicted molar refractivity (Wildman–Crippen MR) is 125 cm³/mol. The first kappa shape index (κ1) is 30.5. The zero-order valence-corrected chi connectivity index (χ0v) is 19.0. The molecule has 0 saturated carbocycles. The van der Waals surface area contributed by atoms with E-state index in [0.717, 1.165) is 31.2 Å². The molecule has 1 saturated heterocycles. The van der Waals surface area contributed by atoms with Gasteiger partial charge in [-0.3, -0.25) is 14.9 Å². The van der Waals surface area contributed by atoms with Gasteiger partial charge in [-0.2, -0.15) is 0 Å². The highest BCUT2D eigenvalue weighted by Crippen LogP contribution is 2.21. The van der Waals surface area contributed by atoms with Gasteiger partial charge in [-0.05, 0) is 50.6 Å². The summed E-state index contributed by atoms with van der Waals surface area (Å²) in [5.41, 5.74) is 6.56. The van der Waals surface area contributed by atoms with E-state index in [2.05, 4.69) is 5.32 Å². The number of carbonyl (C=O) groups is 3. The molecular formula is C23H39N3O7. The van der Waals surface area contributed by atoms with Crippen LogP contribution in [0.3, 0.4) is 0 Å². The highest BCUT2D eigenvalue weighted by molar-refractivity contribution is 5.88. The van der Waals surface area contributed by atoms with Crippen molar-refractivity contribution in [3.8, 4) is 0 Å². The largest absolute Gasteiger partial charge is 0.480 e. The maximum Gasteiger partial charge on any atom is 0.326 e. The zero-order valence-electron chi connectivity index (χ0n) is 19.0.